The van der Waals surface area contributed by atoms with Crippen LogP contribution >= 0.6 is 0 Å². The molecule has 1 aromatic heterocycles. The van der Waals surface area contributed by atoms with E-state index in [1.165, 1.54) is 30.3 Å². The van der Waals surface area contributed by atoms with E-state index in [1.807, 2.05) is 12.1 Å². The maximum atomic E-state index is 9.49. The van der Waals surface area contributed by atoms with Crippen LogP contribution in [0, 0.1) is 5.92 Å². The Balaban J connectivity index is 2.02. The lowest BCUT2D eigenvalue weighted by molar-refractivity contribution is 0.277. The highest BCUT2D eigenvalue weighted by atomic mass is 16.3. The van der Waals surface area contributed by atoms with Gasteiger partial charge in [0.1, 0.15) is 0 Å². The number of pyridine rings is 1. The molecule has 0 spiro atoms. The molecule has 0 bridgehead atoms. The first-order valence-corrected chi connectivity index (χ1v) is 7.95. The Morgan fingerprint density at radius 3 is 2.71 bits per heavy atom. The number of para-hydroxylation sites is 1. The second-order valence-corrected chi connectivity index (χ2v) is 6.42. The quantitative estimate of drug-likeness (QED) is 0.878. The third-order valence-corrected chi connectivity index (χ3v) is 4.15. The molecule has 21 heavy (non-hydrogen) atoms. The standard InChI is InChI=1S/C18H24N2O/c1-13(2)9-10-20(15-7-8-15)18-11-14(12-21)19-17-6-4-3-5-16(17)18/h3-6,11,13,15,21H,7-10,12H2,1-2H3. The van der Waals surface area contributed by atoms with E-state index in [0.29, 0.717) is 12.0 Å². The fourth-order valence-corrected chi connectivity index (χ4v) is 2.81. The highest BCUT2D eigenvalue weighted by molar-refractivity contribution is 5.92. The third kappa shape index (κ3) is 3.18. The molecule has 0 atom stereocenters. The van der Waals surface area contributed by atoms with Crippen LogP contribution in [0.15, 0.2) is 30.3 Å². The number of anilines is 1. The van der Waals surface area contributed by atoms with E-state index in [9.17, 15) is 5.11 Å². The minimum absolute atomic E-state index is 0.000517. The topological polar surface area (TPSA) is 36.4 Å². The smallest absolute Gasteiger partial charge is 0.0854 e. The number of benzene rings is 1. The molecule has 3 rings (SSSR count). The van der Waals surface area contributed by atoms with Crippen LogP contribution in [0.4, 0.5) is 5.69 Å². The minimum atomic E-state index is 0.000517. The van der Waals surface area contributed by atoms with Crippen molar-refractivity contribution in [2.75, 3.05) is 11.4 Å². The molecule has 1 saturated carbocycles. The number of nitrogens with zero attached hydrogens (tertiary/aromatic N) is 2. The van der Waals surface area contributed by atoms with Crippen molar-refractivity contribution in [2.24, 2.45) is 5.92 Å². The molecule has 1 aromatic carbocycles. The van der Waals surface area contributed by atoms with Gasteiger partial charge in [0.05, 0.1) is 17.8 Å². The van der Waals surface area contributed by atoms with Gasteiger partial charge in [-0.1, -0.05) is 32.0 Å². The summed E-state index contributed by atoms with van der Waals surface area (Å²) in [6, 6.07) is 11.0. The highest BCUT2D eigenvalue weighted by Crippen LogP contribution is 2.36. The fourth-order valence-electron chi connectivity index (χ4n) is 2.81. The van der Waals surface area contributed by atoms with E-state index in [0.717, 1.165) is 17.8 Å². The van der Waals surface area contributed by atoms with Crippen LogP contribution in [0.5, 0.6) is 0 Å². The molecule has 1 N–H and O–H groups in total. The van der Waals surface area contributed by atoms with E-state index < -0.39 is 0 Å². The zero-order valence-electron chi connectivity index (χ0n) is 12.9. The molecule has 0 aliphatic heterocycles. The van der Waals surface area contributed by atoms with Gasteiger partial charge in [-0.05, 0) is 37.3 Å². The molecule has 1 fully saturated rings. The molecule has 2 aromatic rings. The number of fused-ring (bicyclic) bond motifs is 1. The molecule has 1 aliphatic carbocycles. The number of aliphatic hydroxyl groups excluding tert-OH is 1. The van der Waals surface area contributed by atoms with E-state index in [-0.39, 0.29) is 6.61 Å². The molecule has 0 saturated heterocycles. The van der Waals surface area contributed by atoms with Gasteiger partial charge in [-0.15, -0.1) is 0 Å². The second kappa shape index (κ2) is 6.02. The summed E-state index contributed by atoms with van der Waals surface area (Å²) < 4.78 is 0. The van der Waals surface area contributed by atoms with Crippen LogP contribution in [0.3, 0.4) is 0 Å². The molecule has 0 amide bonds. The number of hydrogen-bond donors (Lipinski definition) is 1. The van der Waals surface area contributed by atoms with Crippen molar-refractivity contribution >= 4 is 16.6 Å². The highest BCUT2D eigenvalue weighted by Gasteiger charge is 2.30. The van der Waals surface area contributed by atoms with Crippen molar-refractivity contribution in [1.29, 1.82) is 0 Å². The Morgan fingerprint density at radius 2 is 2.05 bits per heavy atom. The van der Waals surface area contributed by atoms with Gasteiger partial charge in [-0.25, -0.2) is 0 Å². The van der Waals surface area contributed by atoms with Crippen molar-refractivity contribution < 1.29 is 5.11 Å². The summed E-state index contributed by atoms with van der Waals surface area (Å²) in [5, 5.41) is 10.7. The number of rotatable bonds is 6. The molecule has 3 nitrogen and oxygen atoms in total. The molecule has 1 heterocycles. The van der Waals surface area contributed by atoms with Gasteiger partial charge in [0.2, 0.25) is 0 Å². The Hall–Kier alpha value is -1.61. The van der Waals surface area contributed by atoms with Crippen LogP contribution in [0.2, 0.25) is 0 Å². The van der Waals surface area contributed by atoms with Crippen LogP contribution in [0.25, 0.3) is 10.9 Å². The molecule has 3 heteroatoms. The largest absolute Gasteiger partial charge is 0.390 e. The molecule has 1 aliphatic rings. The number of aliphatic hydroxyl groups is 1. The van der Waals surface area contributed by atoms with Crippen LogP contribution in [-0.4, -0.2) is 22.7 Å². The molecule has 0 radical (unpaired) electrons. The van der Waals surface area contributed by atoms with Crippen LogP contribution in [-0.2, 0) is 6.61 Å². The van der Waals surface area contributed by atoms with Gasteiger partial charge in [0.25, 0.3) is 0 Å². The van der Waals surface area contributed by atoms with Gasteiger partial charge in [0, 0.05) is 23.7 Å². The van der Waals surface area contributed by atoms with Gasteiger partial charge in [-0.2, -0.15) is 0 Å². The summed E-state index contributed by atoms with van der Waals surface area (Å²) in [4.78, 5) is 7.07. The predicted molar refractivity (Wildman–Crippen MR) is 87.5 cm³/mol. The molecule has 112 valence electrons. The normalized spacial score (nSPS) is 14.9. The first-order chi connectivity index (χ1) is 10.2. The van der Waals surface area contributed by atoms with E-state index in [2.05, 4.69) is 41.9 Å². The SMILES string of the molecule is CC(C)CCN(c1cc(CO)nc2ccccc12)C1CC1. The summed E-state index contributed by atoms with van der Waals surface area (Å²) in [5.41, 5.74) is 2.99. The van der Waals surface area contributed by atoms with Gasteiger partial charge >= 0.3 is 0 Å². The monoisotopic (exact) mass is 284 g/mol. The average Bonchev–Trinajstić information content (AvgIpc) is 3.31. The first kappa shape index (κ1) is 14.3. The third-order valence-electron chi connectivity index (χ3n) is 4.15. The average molecular weight is 284 g/mol. The van der Waals surface area contributed by atoms with E-state index in [4.69, 9.17) is 0 Å². The first-order valence-electron chi connectivity index (χ1n) is 7.95. The number of hydrogen-bond acceptors (Lipinski definition) is 3. The Bertz CT molecular complexity index is 620. The van der Waals surface area contributed by atoms with Crippen molar-refractivity contribution in [3.63, 3.8) is 0 Å². The lowest BCUT2D eigenvalue weighted by atomic mass is 10.1. The van der Waals surface area contributed by atoms with Crippen molar-refractivity contribution in [3.8, 4) is 0 Å². The summed E-state index contributed by atoms with van der Waals surface area (Å²) in [6.07, 6.45) is 3.76. The van der Waals surface area contributed by atoms with Crippen LogP contribution in [0.1, 0.15) is 38.8 Å². The van der Waals surface area contributed by atoms with Crippen LogP contribution < -0.4 is 4.90 Å². The molecular formula is C18H24N2O. The second-order valence-electron chi connectivity index (χ2n) is 6.42. The van der Waals surface area contributed by atoms with Gasteiger partial charge in [0.15, 0.2) is 0 Å². The molecule has 0 unspecified atom stereocenters. The van der Waals surface area contributed by atoms with Crippen molar-refractivity contribution in [3.05, 3.63) is 36.0 Å². The Morgan fingerprint density at radius 1 is 1.29 bits per heavy atom. The lowest BCUT2D eigenvalue weighted by Crippen LogP contribution is -2.28. The maximum absolute atomic E-state index is 9.49. The van der Waals surface area contributed by atoms with E-state index in [1.54, 1.807) is 0 Å². The summed E-state index contributed by atoms with van der Waals surface area (Å²) in [6.45, 7) is 5.63. The van der Waals surface area contributed by atoms with Crippen molar-refractivity contribution in [2.45, 2.75) is 45.8 Å². The number of aromatic nitrogens is 1. The summed E-state index contributed by atoms with van der Waals surface area (Å²) >= 11 is 0. The van der Waals surface area contributed by atoms with Gasteiger partial charge in [-0.3, -0.25) is 4.98 Å². The van der Waals surface area contributed by atoms with Gasteiger partial charge < -0.3 is 10.0 Å². The molecular weight excluding hydrogens is 260 g/mol. The minimum Gasteiger partial charge on any atom is -0.390 e. The van der Waals surface area contributed by atoms with Crippen molar-refractivity contribution in [1.82, 2.24) is 4.98 Å². The zero-order chi connectivity index (χ0) is 14.8. The Kier molecular flexibility index (Phi) is 4.11. The summed E-state index contributed by atoms with van der Waals surface area (Å²) in [7, 11) is 0. The van der Waals surface area contributed by atoms with E-state index >= 15 is 0 Å². The Labute approximate surface area is 126 Å². The zero-order valence-corrected chi connectivity index (χ0v) is 12.9. The maximum Gasteiger partial charge on any atom is 0.0854 e. The fraction of sp³-hybridized carbons (Fsp3) is 0.500. The summed E-state index contributed by atoms with van der Waals surface area (Å²) in [5.74, 6) is 0.705. The lowest BCUT2D eigenvalue weighted by Gasteiger charge is -2.27. The predicted octanol–water partition coefficient (Wildman–Crippen LogP) is 3.74.